The van der Waals surface area contributed by atoms with Crippen molar-refractivity contribution in [1.82, 2.24) is 4.90 Å². The first-order valence-electron chi connectivity index (χ1n) is 5.11. The second-order valence-corrected chi connectivity index (χ2v) is 3.75. The van der Waals surface area contributed by atoms with Gasteiger partial charge in [0.05, 0.1) is 6.04 Å². The van der Waals surface area contributed by atoms with Gasteiger partial charge in [-0.15, -0.1) is 6.58 Å². The van der Waals surface area contributed by atoms with Gasteiger partial charge in [-0.25, -0.2) is 0 Å². The molecule has 13 heavy (non-hydrogen) atoms. The molecule has 1 unspecified atom stereocenters. The van der Waals surface area contributed by atoms with Crippen molar-refractivity contribution in [2.45, 2.75) is 38.6 Å². The molecule has 1 fully saturated rings. The monoisotopic (exact) mass is 181 g/mol. The van der Waals surface area contributed by atoms with E-state index < -0.39 is 0 Å². The van der Waals surface area contributed by atoms with E-state index in [1.54, 1.807) is 6.92 Å². The molecule has 0 amide bonds. The van der Waals surface area contributed by atoms with Gasteiger partial charge < -0.3 is 0 Å². The molecular formula is C11H19NO. The molecule has 0 bridgehead atoms. The van der Waals surface area contributed by atoms with Crippen molar-refractivity contribution in [2.75, 3.05) is 13.1 Å². The highest BCUT2D eigenvalue weighted by Crippen LogP contribution is 2.15. The summed E-state index contributed by atoms with van der Waals surface area (Å²) in [6.45, 7) is 7.55. The number of hydrogen-bond donors (Lipinski definition) is 0. The quantitative estimate of drug-likeness (QED) is 0.618. The first-order chi connectivity index (χ1) is 6.25. The third kappa shape index (κ3) is 2.96. The molecule has 0 N–H and O–H groups in total. The van der Waals surface area contributed by atoms with E-state index in [1.807, 2.05) is 6.08 Å². The number of carbonyl (C=O) groups is 1. The Bertz CT molecular complexity index is 183. The van der Waals surface area contributed by atoms with Crippen LogP contribution in [0.2, 0.25) is 0 Å². The van der Waals surface area contributed by atoms with Crippen molar-refractivity contribution in [3.8, 4) is 0 Å². The number of nitrogens with zero attached hydrogens (tertiary/aromatic N) is 1. The van der Waals surface area contributed by atoms with Gasteiger partial charge in [-0.1, -0.05) is 12.5 Å². The Morgan fingerprint density at radius 1 is 1.46 bits per heavy atom. The maximum absolute atomic E-state index is 11.3. The molecule has 1 atom stereocenters. The van der Waals surface area contributed by atoms with Crippen LogP contribution >= 0.6 is 0 Å². The summed E-state index contributed by atoms with van der Waals surface area (Å²) in [6.07, 6.45) is 6.44. The SMILES string of the molecule is C=CCC(C(C)=O)N1CCCCC1. The smallest absolute Gasteiger partial charge is 0.147 e. The number of ketones is 1. The van der Waals surface area contributed by atoms with Crippen molar-refractivity contribution in [3.63, 3.8) is 0 Å². The number of hydrogen-bond acceptors (Lipinski definition) is 2. The average molecular weight is 181 g/mol. The lowest BCUT2D eigenvalue weighted by molar-refractivity contribution is -0.122. The van der Waals surface area contributed by atoms with Gasteiger partial charge in [0.15, 0.2) is 0 Å². The van der Waals surface area contributed by atoms with Crippen LogP contribution in [-0.2, 0) is 4.79 Å². The van der Waals surface area contributed by atoms with E-state index in [-0.39, 0.29) is 11.8 Å². The van der Waals surface area contributed by atoms with Crippen LogP contribution in [0.3, 0.4) is 0 Å². The van der Waals surface area contributed by atoms with E-state index in [1.165, 1.54) is 19.3 Å². The molecular weight excluding hydrogens is 162 g/mol. The van der Waals surface area contributed by atoms with Gasteiger partial charge in [0.2, 0.25) is 0 Å². The van der Waals surface area contributed by atoms with Crippen molar-refractivity contribution in [2.24, 2.45) is 0 Å². The lowest BCUT2D eigenvalue weighted by Gasteiger charge is -2.32. The number of piperidine rings is 1. The minimum absolute atomic E-state index is 0.0952. The van der Waals surface area contributed by atoms with Gasteiger partial charge in [0, 0.05) is 0 Å². The van der Waals surface area contributed by atoms with Crippen molar-refractivity contribution < 1.29 is 4.79 Å². The molecule has 1 aliphatic rings. The number of Topliss-reactive ketones (excluding diaryl/α,β-unsaturated/α-hetero) is 1. The van der Waals surface area contributed by atoms with Crippen LogP contribution in [-0.4, -0.2) is 29.8 Å². The molecule has 0 aromatic heterocycles. The van der Waals surface area contributed by atoms with Gasteiger partial charge in [0.1, 0.15) is 5.78 Å². The van der Waals surface area contributed by atoms with Crippen molar-refractivity contribution >= 4 is 5.78 Å². The highest BCUT2D eigenvalue weighted by atomic mass is 16.1. The van der Waals surface area contributed by atoms with Gasteiger partial charge in [-0.3, -0.25) is 9.69 Å². The molecule has 2 nitrogen and oxygen atoms in total. The molecule has 0 spiro atoms. The number of rotatable bonds is 4. The fourth-order valence-corrected chi connectivity index (χ4v) is 1.96. The zero-order valence-electron chi connectivity index (χ0n) is 8.46. The van der Waals surface area contributed by atoms with Crippen LogP contribution in [0.4, 0.5) is 0 Å². The summed E-state index contributed by atoms with van der Waals surface area (Å²) in [6, 6.07) is 0.0952. The summed E-state index contributed by atoms with van der Waals surface area (Å²) in [7, 11) is 0. The van der Waals surface area contributed by atoms with E-state index in [0.29, 0.717) is 0 Å². The molecule has 1 heterocycles. The summed E-state index contributed by atoms with van der Waals surface area (Å²) in [5.74, 6) is 0.279. The summed E-state index contributed by atoms with van der Waals surface area (Å²) in [4.78, 5) is 13.6. The van der Waals surface area contributed by atoms with E-state index in [9.17, 15) is 4.79 Å². The summed E-state index contributed by atoms with van der Waals surface area (Å²) >= 11 is 0. The van der Waals surface area contributed by atoms with Crippen LogP contribution in [0.5, 0.6) is 0 Å². The molecule has 0 aromatic carbocycles. The van der Waals surface area contributed by atoms with Crippen LogP contribution in [0, 0.1) is 0 Å². The summed E-state index contributed by atoms with van der Waals surface area (Å²) in [5, 5.41) is 0. The Kier molecular flexibility index (Phi) is 4.16. The Labute approximate surface area is 80.6 Å². The van der Waals surface area contributed by atoms with Gasteiger partial charge >= 0.3 is 0 Å². The highest BCUT2D eigenvalue weighted by Gasteiger charge is 2.22. The Morgan fingerprint density at radius 2 is 2.08 bits per heavy atom. The fourth-order valence-electron chi connectivity index (χ4n) is 1.96. The molecule has 1 rings (SSSR count). The second-order valence-electron chi connectivity index (χ2n) is 3.75. The molecule has 0 saturated carbocycles. The van der Waals surface area contributed by atoms with Crippen LogP contribution < -0.4 is 0 Å². The predicted octanol–water partition coefficient (Wildman–Crippen LogP) is 2.01. The van der Waals surface area contributed by atoms with Gasteiger partial charge in [0.25, 0.3) is 0 Å². The summed E-state index contributed by atoms with van der Waals surface area (Å²) in [5.41, 5.74) is 0. The predicted molar refractivity (Wildman–Crippen MR) is 54.7 cm³/mol. The molecule has 1 aliphatic heterocycles. The zero-order valence-corrected chi connectivity index (χ0v) is 8.46. The van der Waals surface area contributed by atoms with E-state index in [0.717, 1.165) is 19.5 Å². The molecule has 1 saturated heterocycles. The third-order valence-corrected chi connectivity index (χ3v) is 2.69. The van der Waals surface area contributed by atoms with Crippen LogP contribution in [0.25, 0.3) is 0 Å². The van der Waals surface area contributed by atoms with Gasteiger partial charge in [-0.05, 0) is 39.3 Å². The second kappa shape index (κ2) is 5.18. The topological polar surface area (TPSA) is 20.3 Å². The minimum atomic E-state index is 0.0952. The van der Waals surface area contributed by atoms with E-state index in [4.69, 9.17) is 0 Å². The van der Waals surface area contributed by atoms with Gasteiger partial charge in [-0.2, -0.15) is 0 Å². The maximum Gasteiger partial charge on any atom is 0.147 e. The lowest BCUT2D eigenvalue weighted by Crippen LogP contribution is -2.42. The van der Waals surface area contributed by atoms with E-state index >= 15 is 0 Å². The first-order valence-corrected chi connectivity index (χ1v) is 5.11. The molecule has 0 aliphatic carbocycles. The highest BCUT2D eigenvalue weighted by molar-refractivity contribution is 5.81. The molecule has 2 heteroatoms. The lowest BCUT2D eigenvalue weighted by atomic mass is 10.0. The fraction of sp³-hybridized carbons (Fsp3) is 0.727. The van der Waals surface area contributed by atoms with Crippen LogP contribution in [0.1, 0.15) is 32.6 Å². The largest absolute Gasteiger partial charge is 0.298 e. The molecule has 0 radical (unpaired) electrons. The Balaban J connectivity index is 2.51. The van der Waals surface area contributed by atoms with Crippen molar-refractivity contribution in [1.29, 1.82) is 0 Å². The summed E-state index contributed by atoms with van der Waals surface area (Å²) < 4.78 is 0. The average Bonchev–Trinajstić information content (AvgIpc) is 2.15. The standard InChI is InChI=1S/C11H19NO/c1-3-7-11(10(2)13)12-8-5-4-6-9-12/h3,11H,1,4-9H2,2H3. The molecule has 74 valence electrons. The zero-order chi connectivity index (χ0) is 9.68. The minimum Gasteiger partial charge on any atom is -0.298 e. The van der Waals surface area contributed by atoms with Crippen LogP contribution in [0.15, 0.2) is 12.7 Å². The Morgan fingerprint density at radius 3 is 2.54 bits per heavy atom. The third-order valence-electron chi connectivity index (χ3n) is 2.69. The molecule has 0 aromatic rings. The maximum atomic E-state index is 11.3. The first kappa shape index (κ1) is 10.5. The van der Waals surface area contributed by atoms with E-state index in [2.05, 4.69) is 11.5 Å². The number of carbonyl (C=O) groups excluding carboxylic acids is 1. The van der Waals surface area contributed by atoms with Crippen molar-refractivity contribution in [3.05, 3.63) is 12.7 Å². The Hall–Kier alpha value is -0.630. The number of likely N-dealkylation sites (tertiary alicyclic amines) is 1. The normalized spacial score (nSPS) is 21.0.